The van der Waals surface area contributed by atoms with Crippen LogP contribution < -0.4 is 0 Å². The van der Waals surface area contributed by atoms with Gasteiger partial charge in [0.1, 0.15) is 0 Å². The molecule has 5 atom stereocenters. The van der Waals surface area contributed by atoms with Gasteiger partial charge in [-0.15, -0.1) is 0 Å². The van der Waals surface area contributed by atoms with E-state index in [1.807, 2.05) is 6.08 Å². The summed E-state index contributed by atoms with van der Waals surface area (Å²) >= 11 is 0. The van der Waals surface area contributed by atoms with E-state index in [4.69, 9.17) is 5.11 Å². The molecule has 0 heterocycles. The van der Waals surface area contributed by atoms with Crippen molar-refractivity contribution in [3.05, 3.63) is 11.6 Å². The van der Waals surface area contributed by atoms with Crippen molar-refractivity contribution in [2.75, 3.05) is 6.61 Å². The third-order valence-electron chi connectivity index (χ3n) is 7.27. The highest BCUT2D eigenvalue weighted by atomic mass is 16.3. The van der Waals surface area contributed by atoms with Crippen LogP contribution in [0.2, 0.25) is 0 Å². The average Bonchev–Trinajstić information content (AvgIpc) is 2.45. The molecule has 22 heavy (non-hydrogen) atoms. The van der Waals surface area contributed by atoms with Crippen LogP contribution in [0, 0.1) is 28.6 Å². The van der Waals surface area contributed by atoms with Crippen LogP contribution in [0.3, 0.4) is 0 Å². The normalized spacial score (nSPS) is 40.1. The Bertz CT molecular complexity index is 453. The lowest BCUT2D eigenvalue weighted by atomic mass is 9.46. The van der Waals surface area contributed by atoms with Crippen molar-refractivity contribution in [1.82, 2.24) is 0 Å². The maximum atomic E-state index is 12.2. The highest BCUT2D eigenvalue weighted by Crippen LogP contribution is 2.61. The van der Waals surface area contributed by atoms with Gasteiger partial charge in [0.2, 0.25) is 0 Å². The van der Waals surface area contributed by atoms with Gasteiger partial charge in [-0.2, -0.15) is 0 Å². The molecule has 0 aromatic carbocycles. The second kappa shape index (κ2) is 6.47. The number of hydrogen-bond donors (Lipinski definition) is 1. The van der Waals surface area contributed by atoms with E-state index >= 15 is 0 Å². The van der Waals surface area contributed by atoms with Gasteiger partial charge in [-0.3, -0.25) is 4.79 Å². The molecule has 2 aliphatic rings. The number of allylic oxidation sites excluding steroid dienone is 2. The highest BCUT2D eigenvalue weighted by molar-refractivity contribution is 5.92. The van der Waals surface area contributed by atoms with Gasteiger partial charge in [0.05, 0.1) is 0 Å². The Morgan fingerprint density at radius 2 is 2.05 bits per heavy atom. The van der Waals surface area contributed by atoms with Crippen LogP contribution in [0.25, 0.3) is 0 Å². The fraction of sp³-hybridized carbons (Fsp3) is 0.850. The number of aliphatic hydroxyl groups excluding tert-OH is 1. The molecule has 1 N–H and O–H groups in total. The zero-order valence-corrected chi connectivity index (χ0v) is 15.1. The summed E-state index contributed by atoms with van der Waals surface area (Å²) in [7, 11) is 0. The predicted octanol–water partition coefficient (Wildman–Crippen LogP) is 4.76. The number of ketones is 1. The molecule has 0 spiro atoms. The van der Waals surface area contributed by atoms with Gasteiger partial charge in [0.25, 0.3) is 0 Å². The monoisotopic (exact) mass is 306 g/mol. The largest absolute Gasteiger partial charge is 0.396 e. The number of carbonyl (C=O) groups excluding carboxylic acids is 1. The van der Waals surface area contributed by atoms with Crippen LogP contribution in [-0.2, 0) is 4.79 Å². The van der Waals surface area contributed by atoms with Gasteiger partial charge in [-0.25, -0.2) is 0 Å². The van der Waals surface area contributed by atoms with Gasteiger partial charge >= 0.3 is 0 Å². The van der Waals surface area contributed by atoms with Crippen molar-refractivity contribution >= 4 is 5.78 Å². The van der Waals surface area contributed by atoms with Crippen molar-refractivity contribution in [2.24, 2.45) is 28.6 Å². The van der Waals surface area contributed by atoms with Gasteiger partial charge in [0.15, 0.2) is 5.78 Å². The van der Waals surface area contributed by atoms with Gasteiger partial charge in [-0.05, 0) is 67.3 Å². The van der Waals surface area contributed by atoms with E-state index in [2.05, 4.69) is 34.6 Å². The summed E-state index contributed by atoms with van der Waals surface area (Å²) in [6.45, 7) is 11.9. The van der Waals surface area contributed by atoms with Gasteiger partial charge in [0, 0.05) is 13.0 Å². The first-order valence-electron chi connectivity index (χ1n) is 9.06. The Balaban J connectivity index is 2.24. The molecule has 2 heteroatoms. The Hall–Kier alpha value is -0.630. The van der Waals surface area contributed by atoms with Crippen molar-refractivity contribution in [2.45, 2.75) is 73.1 Å². The average molecular weight is 306 g/mol. The molecular formula is C20H34O2. The number of hydrogen-bond acceptors (Lipinski definition) is 2. The molecule has 1 fully saturated rings. The Kier molecular flexibility index (Phi) is 5.21. The second-order valence-electron chi connectivity index (χ2n) is 8.57. The molecule has 0 amide bonds. The van der Waals surface area contributed by atoms with E-state index in [1.165, 1.54) is 24.8 Å². The summed E-state index contributed by atoms with van der Waals surface area (Å²) < 4.78 is 0. The summed E-state index contributed by atoms with van der Waals surface area (Å²) in [4.78, 5) is 12.2. The van der Waals surface area contributed by atoms with Crippen LogP contribution in [0.15, 0.2) is 11.6 Å². The molecule has 0 aromatic rings. The van der Waals surface area contributed by atoms with Crippen LogP contribution in [0.5, 0.6) is 0 Å². The minimum atomic E-state index is 0.204. The van der Waals surface area contributed by atoms with E-state index < -0.39 is 0 Å². The minimum absolute atomic E-state index is 0.204. The topological polar surface area (TPSA) is 37.3 Å². The Morgan fingerprint density at radius 1 is 1.36 bits per heavy atom. The molecular weight excluding hydrogens is 272 g/mol. The Labute approximate surface area is 136 Å². The molecule has 5 unspecified atom stereocenters. The molecule has 0 bridgehead atoms. The second-order valence-corrected chi connectivity index (χ2v) is 8.57. The number of aliphatic hydroxyl groups is 1. The molecule has 2 aliphatic carbocycles. The first-order chi connectivity index (χ1) is 10.2. The first-order valence-corrected chi connectivity index (χ1v) is 9.06. The lowest BCUT2D eigenvalue weighted by Crippen LogP contribution is -2.51. The van der Waals surface area contributed by atoms with Crippen LogP contribution in [0.1, 0.15) is 73.1 Å². The van der Waals surface area contributed by atoms with Crippen LogP contribution in [-0.4, -0.2) is 17.5 Å². The minimum Gasteiger partial charge on any atom is -0.396 e. The summed E-state index contributed by atoms with van der Waals surface area (Å²) in [6, 6.07) is 0. The zero-order valence-electron chi connectivity index (χ0n) is 15.1. The van der Waals surface area contributed by atoms with Gasteiger partial charge in [-0.1, -0.05) is 39.7 Å². The van der Waals surface area contributed by atoms with Crippen molar-refractivity contribution in [3.8, 4) is 0 Å². The molecule has 2 rings (SSSR count). The lowest BCUT2D eigenvalue weighted by Gasteiger charge is -2.57. The summed E-state index contributed by atoms with van der Waals surface area (Å²) in [5.41, 5.74) is 1.74. The standard InChI is InChI=1S/C20H34O2/c1-14(8-11-21)6-9-19(4)15(2)7-10-20(5)16(3)12-17(22)13-18(19)20/h12,14-15,18,21H,6-11,13H2,1-5H3. The molecule has 0 saturated heterocycles. The third-order valence-corrected chi connectivity index (χ3v) is 7.27. The molecule has 0 aromatic heterocycles. The van der Waals surface area contributed by atoms with Crippen LogP contribution >= 0.6 is 0 Å². The maximum Gasteiger partial charge on any atom is 0.155 e. The summed E-state index contributed by atoms with van der Waals surface area (Å²) in [5.74, 6) is 2.04. The molecule has 126 valence electrons. The predicted molar refractivity (Wildman–Crippen MR) is 91.6 cm³/mol. The fourth-order valence-electron chi connectivity index (χ4n) is 5.03. The molecule has 0 aliphatic heterocycles. The van der Waals surface area contributed by atoms with Crippen LogP contribution in [0.4, 0.5) is 0 Å². The SMILES string of the molecule is CC1=CC(=O)CC2C1(C)CCC(C)C2(C)CCC(C)CCO. The fourth-order valence-corrected chi connectivity index (χ4v) is 5.03. The number of rotatable bonds is 5. The quantitative estimate of drug-likeness (QED) is 0.795. The van der Waals surface area contributed by atoms with E-state index in [1.54, 1.807) is 0 Å². The van der Waals surface area contributed by atoms with E-state index in [-0.39, 0.29) is 17.4 Å². The van der Waals surface area contributed by atoms with Crippen molar-refractivity contribution < 1.29 is 9.90 Å². The molecule has 0 radical (unpaired) electrons. The lowest BCUT2D eigenvalue weighted by molar-refractivity contribution is -0.123. The van der Waals surface area contributed by atoms with E-state index in [0.717, 1.165) is 19.3 Å². The summed E-state index contributed by atoms with van der Waals surface area (Å²) in [5, 5.41) is 9.14. The number of carbonyl (C=O) groups is 1. The Morgan fingerprint density at radius 3 is 2.68 bits per heavy atom. The van der Waals surface area contributed by atoms with E-state index in [9.17, 15) is 4.79 Å². The first kappa shape index (κ1) is 17.7. The van der Waals surface area contributed by atoms with Gasteiger partial charge < -0.3 is 5.11 Å². The summed E-state index contributed by atoms with van der Waals surface area (Å²) in [6.07, 6.45) is 8.34. The van der Waals surface area contributed by atoms with Crippen molar-refractivity contribution in [1.29, 1.82) is 0 Å². The molecule has 2 nitrogen and oxygen atoms in total. The maximum absolute atomic E-state index is 12.2. The zero-order chi connectivity index (χ0) is 16.5. The number of fused-ring (bicyclic) bond motifs is 1. The molecule has 1 saturated carbocycles. The third kappa shape index (κ3) is 3.04. The van der Waals surface area contributed by atoms with Crippen molar-refractivity contribution in [3.63, 3.8) is 0 Å². The van der Waals surface area contributed by atoms with E-state index in [0.29, 0.717) is 23.5 Å². The highest BCUT2D eigenvalue weighted by Gasteiger charge is 2.54. The smallest absolute Gasteiger partial charge is 0.155 e.